The Labute approximate surface area is 119 Å². The molecule has 2 heterocycles. The van der Waals surface area contributed by atoms with Gasteiger partial charge < -0.3 is 9.64 Å². The van der Waals surface area contributed by atoms with Gasteiger partial charge in [-0.05, 0) is 35.8 Å². The number of ether oxygens (including phenoxy) is 1. The zero-order valence-electron chi connectivity index (χ0n) is 9.99. The van der Waals surface area contributed by atoms with Gasteiger partial charge in [-0.3, -0.25) is 4.98 Å². The summed E-state index contributed by atoms with van der Waals surface area (Å²) in [5, 5.41) is 0.857. The van der Waals surface area contributed by atoms with Crippen LogP contribution in [0.3, 0.4) is 0 Å². The number of anilines is 1. The van der Waals surface area contributed by atoms with E-state index in [2.05, 4.69) is 55.6 Å². The van der Waals surface area contributed by atoms with E-state index in [1.54, 1.807) is 0 Å². The van der Waals surface area contributed by atoms with Gasteiger partial charge >= 0.3 is 0 Å². The molecule has 0 aliphatic carbocycles. The van der Waals surface area contributed by atoms with Crippen LogP contribution in [0.5, 0.6) is 0 Å². The van der Waals surface area contributed by atoms with Gasteiger partial charge in [-0.1, -0.05) is 15.9 Å². The fraction of sp³-hybridized carbons (Fsp3) is 0.583. The van der Waals surface area contributed by atoms with Crippen LogP contribution in [0.25, 0.3) is 0 Å². The van der Waals surface area contributed by atoms with Crippen molar-refractivity contribution in [3.8, 4) is 0 Å². The summed E-state index contributed by atoms with van der Waals surface area (Å²) in [6.45, 7) is 6.05. The Morgan fingerprint density at radius 1 is 1.59 bits per heavy atom. The maximum atomic E-state index is 6.00. The largest absolute Gasteiger partial charge is 0.368 e. The highest BCUT2D eigenvalue weighted by molar-refractivity contribution is 9.10. The molecule has 0 amide bonds. The van der Waals surface area contributed by atoms with E-state index < -0.39 is 0 Å². The number of rotatable bonds is 2. The lowest BCUT2D eigenvalue weighted by Gasteiger charge is -2.43. The van der Waals surface area contributed by atoms with Gasteiger partial charge in [-0.25, -0.2) is 0 Å². The molecule has 5 heteroatoms. The molecule has 1 aliphatic heterocycles. The van der Waals surface area contributed by atoms with Crippen molar-refractivity contribution in [2.75, 3.05) is 23.3 Å². The van der Waals surface area contributed by atoms with Gasteiger partial charge in [0.05, 0.1) is 21.9 Å². The number of alkyl halides is 1. The summed E-state index contributed by atoms with van der Waals surface area (Å²) in [4.78, 5) is 6.45. The zero-order valence-corrected chi connectivity index (χ0v) is 13.2. The first-order chi connectivity index (χ1) is 8.02. The molecule has 1 aromatic heterocycles. The molecule has 1 unspecified atom stereocenters. The average molecular weight is 364 g/mol. The number of pyridine rings is 1. The highest BCUT2D eigenvalue weighted by atomic mass is 79.9. The van der Waals surface area contributed by atoms with Crippen LogP contribution >= 0.6 is 31.9 Å². The Bertz CT molecular complexity index is 398. The molecule has 1 saturated heterocycles. The van der Waals surface area contributed by atoms with Crippen LogP contribution in [0.1, 0.15) is 13.8 Å². The molecule has 0 spiro atoms. The molecule has 0 radical (unpaired) electrons. The first kappa shape index (κ1) is 13.3. The highest BCUT2D eigenvalue weighted by Gasteiger charge is 2.33. The predicted molar refractivity (Wildman–Crippen MR) is 76.9 cm³/mol. The van der Waals surface area contributed by atoms with Crippen LogP contribution in [-0.2, 0) is 4.74 Å². The van der Waals surface area contributed by atoms with Crippen LogP contribution in [0, 0.1) is 0 Å². The van der Waals surface area contributed by atoms with Gasteiger partial charge in [-0.2, -0.15) is 0 Å². The second kappa shape index (κ2) is 5.24. The fourth-order valence-corrected chi connectivity index (χ4v) is 3.02. The lowest BCUT2D eigenvalue weighted by Crippen LogP contribution is -2.53. The molecule has 0 bridgehead atoms. The second-order valence-electron chi connectivity index (χ2n) is 4.86. The maximum Gasteiger partial charge on any atom is 0.0854 e. The van der Waals surface area contributed by atoms with E-state index in [0.717, 1.165) is 22.9 Å². The van der Waals surface area contributed by atoms with Gasteiger partial charge in [0.2, 0.25) is 0 Å². The van der Waals surface area contributed by atoms with Crippen LogP contribution in [0.4, 0.5) is 5.69 Å². The minimum atomic E-state index is -0.126. The van der Waals surface area contributed by atoms with Crippen LogP contribution < -0.4 is 4.90 Å². The van der Waals surface area contributed by atoms with Gasteiger partial charge in [0.1, 0.15) is 0 Å². The van der Waals surface area contributed by atoms with Crippen molar-refractivity contribution in [1.82, 2.24) is 4.98 Å². The monoisotopic (exact) mass is 362 g/mol. The average Bonchev–Trinajstić information content (AvgIpc) is 2.27. The van der Waals surface area contributed by atoms with Gasteiger partial charge in [0.25, 0.3) is 0 Å². The Kier molecular flexibility index (Phi) is 4.10. The summed E-state index contributed by atoms with van der Waals surface area (Å²) < 4.78 is 7.03. The first-order valence-corrected chi connectivity index (χ1v) is 7.51. The summed E-state index contributed by atoms with van der Waals surface area (Å²) in [5.74, 6) is 0. The summed E-state index contributed by atoms with van der Waals surface area (Å²) in [6.07, 6.45) is 3.88. The van der Waals surface area contributed by atoms with E-state index in [9.17, 15) is 0 Å². The fourth-order valence-electron chi connectivity index (χ4n) is 2.18. The molecule has 0 N–H and O–H groups in total. The molecule has 1 fully saturated rings. The van der Waals surface area contributed by atoms with Crippen LogP contribution in [0.15, 0.2) is 22.9 Å². The molecule has 0 aromatic carbocycles. The molecule has 94 valence electrons. The van der Waals surface area contributed by atoms with E-state index in [0.29, 0.717) is 0 Å². The molecular weight excluding hydrogens is 348 g/mol. The quantitative estimate of drug-likeness (QED) is 0.754. The SMILES string of the molecule is CC1(C)CN(c2ccncc2Br)CC(CBr)O1. The van der Waals surface area contributed by atoms with E-state index >= 15 is 0 Å². The lowest BCUT2D eigenvalue weighted by molar-refractivity contribution is -0.0724. The van der Waals surface area contributed by atoms with Crippen molar-refractivity contribution in [2.24, 2.45) is 0 Å². The summed E-state index contributed by atoms with van der Waals surface area (Å²) in [7, 11) is 0. The number of morpholine rings is 1. The Balaban J connectivity index is 2.24. The Morgan fingerprint density at radius 3 is 3.00 bits per heavy atom. The Hall–Kier alpha value is -0.130. The molecule has 1 aromatic rings. The number of halogens is 2. The summed E-state index contributed by atoms with van der Waals surface area (Å²) in [5.41, 5.74) is 1.06. The smallest absolute Gasteiger partial charge is 0.0854 e. The lowest BCUT2D eigenvalue weighted by atomic mass is 10.1. The summed E-state index contributed by atoms with van der Waals surface area (Å²) >= 11 is 7.06. The van der Waals surface area contributed by atoms with Gasteiger partial charge in [0.15, 0.2) is 0 Å². The topological polar surface area (TPSA) is 25.4 Å². The first-order valence-electron chi connectivity index (χ1n) is 5.60. The number of nitrogens with zero attached hydrogens (tertiary/aromatic N) is 2. The molecule has 17 heavy (non-hydrogen) atoms. The third-order valence-electron chi connectivity index (χ3n) is 2.75. The molecule has 1 atom stereocenters. The number of hydrogen-bond donors (Lipinski definition) is 0. The molecular formula is C12H16Br2N2O. The van der Waals surface area contributed by atoms with Crippen molar-refractivity contribution in [3.05, 3.63) is 22.9 Å². The number of aromatic nitrogens is 1. The van der Waals surface area contributed by atoms with Crippen LogP contribution in [-0.4, -0.2) is 35.1 Å². The summed E-state index contributed by atoms with van der Waals surface area (Å²) in [6, 6.07) is 2.04. The normalized spacial score (nSPS) is 23.8. The minimum Gasteiger partial charge on any atom is -0.368 e. The predicted octanol–water partition coefficient (Wildman–Crippen LogP) is 3.22. The number of hydrogen-bond acceptors (Lipinski definition) is 3. The van der Waals surface area contributed by atoms with E-state index in [1.807, 2.05) is 18.5 Å². The highest BCUT2D eigenvalue weighted by Crippen LogP contribution is 2.31. The standard InChI is InChI=1S/C12H16Br2N2O/c1-12(2)8-16(7-9(5-13)17-12)11-3-4-15-6-10(11)14/h3-4,6,9H,5,7-8H2,1-2H3. The zero-order chi connectivity index (χ0) is 12.5. The molecule has 3 nitrogen and oxygen atoms in total. The van der Waals surface area contributed by atoms with Crippen molar-refractivity contribution in [1.29, 1.82) is 0 Å². The third kappa shape index (κ3) is 3.20. The van der Waals surface area contributed by atoms with Crippen LogP contribution in [0.2, 0.25) is 0 Å². The van der Waals surface area contributed by atoms with Gasteiger partial charge in [-0.15, -0.1) is 0 Å². The van der Waals surface area contributed by atoms with Crippen molar-refractivity contribution in [3.63, 3.8) is 0 Å². The van der Waals surface area contributed by atoms with E-state index in [4.69, 9.17) is 4.74 Å². The molecule has 0 saturated carbocycles. The second-order valence-corrected chi connectivity index (χ2v) is 6.36. The minimum absolute atomic E-state index is 0.126. The molecule has 2 rings (SSSR count). The Morgan fingerprint density at radius 2 is 2.35 bits per heavy atom. The van der Waals surface area contributed by atoms with Crippen molar-refractivity contribution < 1.29 is 4.74 Å². The van der Waals surface area contributed by atoms with Crippen molar-refractivity contribution in [2.45, 2.75) is 25.6 Å². The third-order valence-corrected chi connectivity index (χ3v) is 4.08. The van der Waals surface area contributed by atoms with Crippen molar-refractivity contribution >= 4 is 37.5 Å². The molecule has 1 aliphatic rings. The van der Waals surface area contributed by atoms with E-state index in [-0.39, 0.29) is 11.7 Å². The van der Waals surface area contributed by atoms with Gasteiger partial charge in [0, 0.05) is 30.8 Å². The maximum absolute atomic E-state index is 6.00. The van der Waals surface area contributed by atoms with E-state index in [1.165, 1.54) is 5.69 Å².